The highest BCUT2D eigenvalue weighted by Crippen LogP contribution is 2.21. The Balaban J connectivity index is 2.69. The van der Waals surface area contributed by atoms with Crippen LogP contribution in [0.3, 0.4) is 0 Å². The second-order valence-electron chi connectivity index (χ2n) is 3.47. The first-order valence-electron chi connectivity index (χ1n) is 4.81. The van der Waals surface area contributed by atoms with Crippen LogP contribution in [0.2, 0.25) is 0 Å². The second-order valence-corrected chi connectivity index (χ2v) is 3.74. The first kappa shape index (κ1) is 10.9. The Morgan fingerprint density at radius 2 is 2.44 bits per heavy atom. The third-order valence-corrected chi connectivity index (χ3v) is 2.72. The number of carbonyl (C=O) groups excluding carboxylic acids is 1. The van der Waals surface area contributed by atoms with Crippen LogP contribution in [0.1, 0.15) is 18.8 Å². The first-order valence-corrected chi connectivity index (χ1v) is 5.34. The van der Waals surface area contributed by atoms with Crippen molar-refractivity contribution in [2.24, 2.45) is 5.73 Å². The minimum atomic E-state index is -0.471. The third kappa shape index (κ3) is 1.63. The molecule has 0 aliphatic heterocycles. The van der Waals surface area contributed by atoms with Gasteiger partial charge in [0.1, 0.15) is 17.4 Å². The predicted octanol–water partition coefficient (Wildman–Crippen LogP) is 1.22. The van der Waals surface area contributed by atoms with Crippen molar-refractivity contribution in [3.63, 3.8) is 0 Å². The molecule has 16 heavy (non-hydrogen) atoms. The number of rotatable bonds is 3. The van der Waals surface area contributed by atoms with Crippen LogP contribution in [0.5, 0.6) is 0 Å². The number of imidazole rings is 1. The van der Waals surface area contributed by atoms with Crippen molar-refractivity contribution >= 4 is 28.5 Å². The van der Waals surface area contributed by atoms with E-state index in [4.69, 9.17) is 17.3 Å². The smallest absolute Gasteiger partial charge is 0.240 e. The fourth-order valence-corrected chi connectivity index (χ4v) is 1.84. The lowest BCUT2D eigenvalue weighted by Crippen LogP contribution is -2.25. The van der Waals surface area contributed by atoms with Gasteiger partial charge in [0.2, 0.25) is 5.91 Å². The number of amides is 1. The van der Waals surface area contributed by atoms with Gasteiger partial charge in [0, 0.05) is 6.20 Å². The summed E-state index contributed by atoms with van der Waals surface area (Å²) < 4.78 is 1.74. The van der Waals surface area contributed by atoms with E-state index >= 15 is 0 Å². The summed E-state index contributed by atoms with van der Waals surface area (Å²) in [6.07, 6.45) is 3.28. The quantitative estimate of drug-likeness (QED) is 0.817. The molecule has 84 valence electrons. The SMILES string of the molecule is CC(C(N)=O)n1c(CCl)nc2cnccc21. The van der Waals surface area contributed by atoms with Gasteiger partial charge in [-0.2, -0.15) is 0 Å². The molecule has 0 saturated carbocycles. The zero-order valence-electron chi connectivity index (χ0n) is 8.72. The second kappa shape index (κ2) is 4.09. The van der Waals surface area contributed by atoms with Crippen LogP contribution in [0.4, 0.5) is 0 Å². The number of nitrogens with zero attached hydrogens (tertiary/aromatic N) is 3. The van der Waals surface area contributed by atoms with Crippen LogP contribution >= 0.6 is 11.6 Å². The first-order chi connectivity index (χ1) is 7.65. The van der Waals surface area contributed by atoms with Crippen molar-refractivity contribution in [2.45, 2.75) is 18.8 Å². The van der Waals surface area contributed by atoms with Crippen molar-refractivity contribution in [3.8, 4) is 0 Å². The van der Waals surface area contributed by atoms with E-state index in [1.165, 1.54) is 0 Å². The number of alkyl halides is 1. The molecule has 0 spiro atoms. The molecule has 2 aromatic heterocycles. The van der Waals surface area contributed by atoms with Gasteiger partial charge >= 0.3 is 0 Å². The van der Waals surface area contributed by atoms with Crippen molar-refractivity contribution in [2.75, 3.05) is 0 Å². The van der Waals surface area contributed by atoms with E-state index in [9.17, 15) is 4.79 Å². The molecule has 0 aliphatic carbocycles. The number of nitrogens with two attached hydrogens (primary N) is 1. The van der Waals surface area contributed by atoms with Gasteiger partial charge in [-0.1, -0.05) is 0 Å². The van der Waals surface area contributed by atoms with Crippen LogP contribution < -0.4 is 5.73 Å². The molecule has 5 nitrogen and oxygen atoms in total. The van der Waals surface area contributed by atoms with E-state index in [1.54, 1.807) is 30.0 Å². The molecule has 1 unspecified atom stereocenters. The van der Waals surface area contributed by atoms with E-state index in [2.05, 4.69) is 9.97 Å². The molecule has 0 radical (unpaired) electrons. The fraction of sp³-hybridized carbons (Fsp3) is 0.300. The number of halogens is 1. The number of fused-ring (bicyclic) bond motifs is 1. The van der Waals surface area contributed by atoms with Gasteiger partial charge in [0.25, 0.3) is 0 Å². The van der Waals surface area contributed by atoms with E-state index in [-0.39, 0.29) is 5.88 Å². The Kier molecular flexibility index (Phi) is 2.78. The highest BCUT2D eigenvalue weighted by Gasteiger charge is 2.18. The predicted molar refractivity (Wildman–Crippen MR) is 61.0 cm³/mol. The monoisotopic (exact) mass is 238 g/mol. The molecule has 1 atom stereocenters. The van der Waals surface area contributed by atoms with Crippen molar-refractivity contribution in [1.29, 1.82) is 0 Å². The van der Waals surface area contributed by atoms with Gasteiger partial charge in [0.05, 0.1) is 17.6 Å². The maximum absolute atomic E-state index is 11.2. The normalized spacial score (nSPS) is 12.9. The number of pyridine rings is 1. The summed E-state index contributed by atoms with van der Waals surface area (Å²) in [5.41, 5.74) is 6.83. The molecule has 2 rings (SSSR count). The number of aromatic nitrogens is 3. The van der Waals surface area contributed by atoms with E-state index in [0.29, 0.717) is 11.3 Å². The number of hydrogen-bond donors (Lipinski definition) is 1. The minimum Gasteiger partial charge on any atom is -0.368 e. The average molecular weight is 239 g/mol. The van der Waals surface area contributed by atoms with Crippen LogP contribution in [-0.2, 0) is 10.7 Å². The third-order valence-electron chi connectivity index (χ3n) is 2.48. The topological polar surface area (TPSA) is 73.8 Å². The molecule has 0 bridgehead atoms. The van der Waals surface area contributed by atoms with Gasteiger partial charge in [0.15, 0.2) is 0 Å². The molecule has 0 saturated heterocycles. The molecule has 0 aliphatic rings. The minimum absolute atomic E-state index is 0.228. The van der Waals surface area contributed by atoms with Gasteiger partial charge in [-0.3, -0.25) is 9.78 Å². The maximum atomic E-state index is 11.2. The van der Waals surface area contributed by atoms with E-state index in [0.717, 1.165) is 5.52 Å². The van der Waals surface area contributed by atoms with E-state index < -0.39 is 11.9 Å². The molecular formula is C10H11ClN4O. The van der Waals surface area contributed by atoms with Crippen molar-refractivity contribution in [1.82, 2.24) is 14.5 Å². The molecule has 0 aromatic carbocycles. The lowest BCUT2D eigenvalue weighted by Gasteiger charge is -2.12. The lowest BCUT2D eigenvalue weighted by atomic mass is 10.3. The van der Waals surface area contributed by atoms with Gasteiger partial charge in [-0.15, -0.1) is 11.6 Å². The summed E-state index contributed by atoms with van der Waals surface area (Å²) in [4.78, 5) is 19.5. The molecular weight excluding hydrogens is 228 g/mol. The Hall–Kier alpha value is -1.62. The van der Waals surface area contributed by atoms with Gasteiger partial charge in [-0.05, 0) is 13.0 Å². The highest BCUT2D eigenvalue weighted by molar-refractivity contribution is 6.16. The van der Waals surface area contributed by atoms with Crippen molar-refractivity contribution in [3.05, 3.63) is 24.3 Å². The summed E-state index contributed by atoms with van der Waals surface area (Å²) in [5.74, 6) is 0.435. The fourth-order valence-electron chi connectivity index (χ4n) is 1.65. The number of primary amides is 1. The molecule has 2 N–H and O–H groups in total. The molecule has 2 aromatic rings. The largest absolute Gasteiger partial charge is 0.368 e. The van der Waals surface area contributed by atoms with Crippen LogP contribution in [0.15, 0.2) is 18.5 Å². The molecule has 1 amide bonds. The van der Waals surface area contributed by atoms with Crippen LogP contribution in [0, 0.1) is 0 Å². The Morgan fingerprint density at radius 3 is 3.06 bits per heavy atom. The number of hydrogen-bond acceptors (Lipinski definition) is 3. The number of carbonyl (C=O) groups is 1. The lowest BCUT2D eigenvalue weighted by molar-refractivity contribution is -0.120. The summed E-state index contributed by atoms with van der Waals surface area (Å²) in [5, 5.41) is 0. The molecule has 6 heteroatoms. The highest BCUT2D eigenvalue weighted by atomic mass is 35.5. The van der Waals surface area contributed by atoms with E-state index in [1.807, 2.05) is 0 Å². The summed E-state index contributed by atoms with van der Waals surface area (Å²) >= 11 is 5.80. The Bertz CT molecular complexity index is 537. The summed E-state index contributed by atoms with van der Waals surface area (Å²) in [6, 6.07) is 1.32. The molecule has 2 heterocycles. The van der Waals surface area contributed by atoms with Gasteiger partial charge < -0.3 is 10.3 Å². The van der Waals surface area contributed by atoms with Crippen LogP contribution in [0.25, 0.3) is 11.0 Å². The Morgan fingerprint density at radius 1 is 1.69 bits per heavy atom. The zero-order chi connectivity index (χ0) is 11.7. The summed E-state index contributed by atoms with van der Waals surface area (Å²) in [7, 11) is 0. The summed E-state index contributed by atoms with van der Waals surface area (Å²) in [6.45, 7) is 1.72. The maximum Gasteiger partial charge on any atom is 0.240 e. The molecule has 0 fully saturated rings. The Labute approximate surface area is 97.2 Å². The zero-order valence-corrected chi connectivity index (χ0v) is 9.48. The van der Waals surface area contributed by atoms with Crippen LogP contribution in [-0.4, -0.2) is 20.4 Å². The standard InChI is InChI=1S/C10H11ClN4O/c1-6(10(12)16)15-8-2-3-13-5-7(8)14-9(15)4-11/h2-3,5-6H,4H2,1H3,(H2,12,16). The average Bonchev–Trinajstić information content (AvgIpc) is 2.66. The van der Waals surface area contributed by atoms with Gasteiger partial charge in [-0.25, -0.2) is 4.98 Å². The van der Waals surface area contributed by atoms with Crippen molar-refractivity contribution < 1.29 is 4.79 Å².